The van der Waals surface area contributed by atoms with Crippen LogP contribution in [0.3, 0.4) is 0 Å². The summed E-state index contributed by atoms with van der Waals surface area (Å²) < 4.78 is 13.9. The molecule has 0 radical (unpaired) electrons. The summed E-state index contributed by atoms with van der Waals surface area (Å²) in [4.78, 5) is 18.3. The summed E-state index contributed by atoms with van der Waals surface area (Å²) in [6.45, 7) is 1.34. The van der Waals surface area contributed by atoms with Crippen LogP contribution in [0.2, 0.25) is 0 Å². The van der Waals surface area contributed by atoms with Crippen LogP contribution < -0.4 is 0 Å². The molecule has 1 aromatic carbocycles. The average Bonchev–Trinajstić information content (AvgIpc) is 2.81. The molecule has 1 atom stereocenters. The second kappa shape index (κ2) is 6.92. The monoisotopic (exact) mass is 316 g/mol. The molecule has 1 fully saturated rings. The number of amides is 1. The van der Waals surface area contributed by atoms with Crippen molar-refractivity contribution in [2.75, 3.05) is 18.8 Å². The number of nitrogens with zero attached hydrogens (tertiary/aromatic N) is 2. The highest BCUT2D eigenvalue weighted by Gasteiger charge is 2.24. The Hall–Kier alpha value is -1.88. The van der Waals surface area contributed by atoms with E-state index in [9.17, 15) is 9.18 Å². The Morgan fingerprint density at radius 1 is 1.18 bits per heavy atom. The molecule has 1 aliphatic heterocycles. The van der Waals surface area contributed by atoms with E-state index in [1.165, 1.54) is 6.07 Å². The van der Waals surface area contributed by atoms with Crippen LogP contribution in [0.25, 0.3) is 0 Å². The maximum atomic E-state index is 13.9. The number of carbonyl (C=O) groups is 1. The Labute approximate surface area is 133 Å². The van der Waals surface area contributed by atoms with E-state index in [-0.39, 0.29) is 17.0 Å². The van der Waals surface area contributed by atoms with Crippen molar-refractivity contribution in [1.82, 2.24) is 9.88 Å². The van der Waals surface area contributed by atoms with E-state index in [0.717, 1.165) is 17.7 Å². The Balaban J connectivity index is 1.70. The molecule has 1 unspecified atom stereocenters. The molecule has 3 nitrogen and oxygen atoms in total. The molecule has 1 aliphatic rings. The maximum Gasteiger partial charge on any atom is 0.253 e. The second-order valence-corrected chi connectivity index (χ2v) is 6.51. The zero-order chi connectivity index (χ0) is 15.4. The van der Waals surface area contributed by atoms with Crippen LogP contribution in [-0.4, -0.2) is 34.6 Å². The van der Waals surface area contributed by atoms with Crippen LogP contribution in [0.15, 0.2) is 48.8 Å². The fraction of sp³-hybridized carbons (Fsp3) is 0.294. The molecular formula is C17H17FN2OS. The second-order valence-electron chi connectivity index (χ2n) is 5.20. The van der Waals surface area contributed by atoms with E-state index in [4.69, 9.17) is 0 Å². The molecule has 0 N–H and O–H groups in total. The van der Waals surface area contributed by atoms with E-state index in [2.05, 4.69) is 4.98 Å². The van der Waals surface area contributed by atoms with Gasteiger partial charge in [-0.1, -0.05) is 18.2 Å². The van der Waals surface area contributed by atoms with Gasteiger partial charge in [0.2, 0.25) is 0 Å². The summed E-state index contributed by atoms with van der Waals surface area (Å²) in [5, 5.41) is 0.108. The van der Waals surface area contributed by atoms with Crippen molar-refractivity contribution in [2.24, 2.45) is 0 Å². The number of rotatable bonds is 2. The smallest absolute Gasteiger partial charge is 0.253 e. The number of hydrogen-bond donors (Lipinski definition) is 0. The molecule has 5 heteroatoms. The van der Waals surface area contributed by atoms with Crippen molar-refractivity contribution in [3.63, 3.8) is 0 Å². The highest BCUT2D eigenvalue weighted by molar-refractivity contribution is 7.99. The number of benzene rings is 1. The van der Waals surface area contributed by atoms with E-state index in [1.54, 1.807) is 42.4 Å². The highest BCUT2D eigenvalue weighted by atomic mass is 32.2. The summed E-state index contributed by atoms with van der Waals surface area (Å²) in [5.41, 5.74) is 1.40. The fourth-order valence-electron chi connectivity index (χ4n) is 2.64. The lowest BCUT2D eigenvalue weighted by atomic mass is 10.1. The normalized spacial score (nSPS) is 18.8. The van der Waals surface area contributed by atoms with Crippen LogP contribution >= 0.6 is 11.8 Å². The lowest BCUT2D eigenvalue weighted by Crippen LogP contribution is -2.32. The molecule has 2 aromatic rings. The van der Waals surface area contributed by atoms with Gasteiger partial charge in [0, 0.05) is 47.6 Å². The van der Waals surface area contributed by atoms with Crippen molar-refractivity contribution >= 4 is 17.7 Å². The van der Waals surface area contributed by atoms with Crippen LogP contribution in [-0.2, 0) is 0 Å². The lowest BCUT2D eigenvalue weighted by Gasteiger charge is -2.20. The molecule has 114 valence electrons. The maximum absolute atomic E-state index is 13.9. The van der Waals surface area contributed by atoms with Gasteiger partial charge >= 0.3 is 0 Å². The lowest BCUT2D eigenvalue weighted by molar-refractivity contribution is 0.0766. The standard InChI is InChI=1S/C17H17FN2OS/c18-15-4-2-1-3-14(15)16-7-10-20(11-12-22-16)17(21)13-5-8-19-9-6-13/h1-6,8-9,16H,7,10-12H2. The molecule has 0 spiro atoms. The highest BCUT2D eigenvalue weighted by Crippen LogP contribution is 2.35. The van der Waals surface area contributed by atoms with Gasteiger partial charge in [-0.25, -0.2) is 4.39 Å². The van der Waals surface area contributed by atoms with Gasteiger partial charge in [-0.05, 0) is 24.6 Å². The van der Waals surface area contributed by atoms with Crippen molar-refractivity contribution in [3.05, 3.63) is 65.7 Å². The molecule has 0 aliphatic carbocycles. The van der Waals surface area contributed by atoms with Gasteiger partial charge in [-0.2, -0.15) is 11.8 Å². The third kappa shape index (κ3) is 3.30. The van der Waals surface area contributed by atoms with Gasteiger partial charge in [0.25, 0.3) is 5.91 Å². The summed E-state index contributed by atoms with van der Waals surface area (Å²) in [6.07, 6.45) is 4.02. The molecule has 3 rings (SSSR count). The predicted octanol–water partition coefficient (Wildman–Crippen LogP) is 3.54. The number of thioether (sulfide) groups is 1. The van der Waals surface area contributed by atoms with Crippen molar-refractivity contribution in [2.45, 2.75) is 11.7 Å². The minimum absolute atomic E-state index is 0.0252. The zero-order valence-corrected chi connectivity index (χ0v) is 12.9. The van der Waals surface area contributed by atoms with Crippen molar-refractivity contribution in [3.8, 4) is 0 Å². The number of hydrogen-bond acceptors (Lipinski definition) is 3. The first-order chi connectivity index (χ1) is 10.8. The fourth-order valence-corrected chi connectivity index (χ4v) is 3.89. The minimum atomic E-state index is -0.158. The molecule has 1 aromatic heterocycles. The van der Waals surface area contributed by atoms with Gasteiger partial charge in [-0.15, -0.1) is 0 Å². The quantitative estimate of drug-likeness (QED) is 0.849. The third-order valence-electron chi connectivity index (χ3n) is 3.81. The predicted molar refractivity (Wildman–Crippen MR) is 86.4 cm³/mol. The third-order valence-corrected chi connectivity index (χ3v) is 5.12. The van der Waals surface area contributed by atoms with E-state index < -0.39 is 0 Å². The molecule has 22 heavy (non-hydrogen) atoms. The Morgan fingerprint density at radius 3 is 2.73 bits per heavy atom. The van der Waals surface area contributed by atoms with Gasteiger partial charge < -0.3 is 4.90 Å². The SMILES string of the molecule is O=C(c1ccncc1)N1CCSC(c2ccccc2F)CC1. The van der Waals surface area contributed by atoms with Gasteiger partial charge in [0.15, 0.2) is 0 Å². The van der Waals surface area contributed by atoms with Crippen LogP contribution in [0.5, 0.6) is 0 Å². The topological polar surface area (TPSA) is 33.2 Å². The number of carbonyl (C=O) groups excluding carboxylic acids is 1. The first kappa shape index (κ1) is 15.0. The van der Waals surface area contributed by atoms with Crippen LogP contribution in [0, 0.1) is 5.82 Å². The molecule has 1 saturated heterocycles. The Morgan fingerprint density at radius 2 is 1.95 bits per heavy atom. The first-order valence-corrected chi connectivity index (χ1v) is 8.36. The summed E-state index contributed by atoms with van der Waals surface area (Å²) in [6, 6.07) is 10.4. The summed E-state index contributed by atoms with van der Waals surface area (Å²) in [5.74, 6) is 0.682. The van der Waals surface area contributed by atoms with E-state index in [0.29, 0.717) is 18.7 Å². The number of aromatic nitrogens is 1. The van der Waals surface area contributed by atoms with Crippen molar-refractivity contribution < 1.29 is 9.18 Å². The van der Waals surface area contributed by atoms with Crippen LogP contribution in [0.4, 0.5) is 4.39 Å². The van der Waals surface area contributed by atoms with E-state index >= 15 is 0 Å². The summed E-state index contributed by atoms with van der Waals surface area (Å²) >= 11 is 1.72. The summed E-state index contributed by atoms with van der Waals surface area (Å²) in [7, 11) is 0. The minimum Gasteiger partial charge on any atom is -0.338 e. The largest absolute Gasteiger partial charge is 0.338 e. The van der Waals surface area contributed by atoms with Crippen LogP contribution in [0.1, 0.15) is 27.6 Å². The van der Waals surface area contributed by atoms with Crippen molar-refractivity contribution in [1.29, 1.82) is 0 Å². The Bertz CT molecular complexity index is 650. The molecule has 1 amide bonds. The number of pyridine rings is 1. The van der Waals surface area contributed by atoms with E-state index in [1.807, 2.05) is 17.0 Å². The molecule has 0 saturated carbocycles. The van der Waals surface area contributed by atoms with Gasteiger partial charge in [0.1, 0.15) is 5.82 Å². The average molecular weight is 316 g/mol. The van der Waals surface area contributed by atoms with Gasteiger partial charge in [-0.3, -0.25) is 9.78 Å². The molecule has 2 heterocycles. The molecular weight excluding hydrogens is 299 g/mol. The Kier molecular flexibility index (Phi) is 4.73. The van der Waals surface area contributed by atoms with Gasteiger partial charge in [0.05, 0.1) is 0 Å². The first-order valence-electron chi connectivity index (χ1n) is 7.31. The zero-order valence-electron chi connectivity index (χ0n) is 12.1. The number of halogens is 1. The molecule has 0 bridgehead atoms.